The van der Waals surface area contributed by atoms with E-state index in [2.05, 4.69) is 30.9 Å². The Morgan fingerprint density at radius 2 is 1.93 bits per heavy atom. The molecule has 11 heteroatoms. The van der Waals surface area contributed by atoms with Crippen LogP contribution in [-0.4, -0.2) is 103 Å². The summed E-state index contributed by atoms with van der Waals surface area (Å²) in [4.78, 5) is 36.9. The SMILES string of the molecule is CCCCN(CCCCN(C)C)C(=O)CN1CC(c2cc(OC)c3c(c2)OCO3)C(C(=O)O)C1CCc1ncco1. The molecule has 1 aromatic carbocycles. The third-order valence-electron chi connectivity index (χ3n) is 8.04. The Morgan fingerprint density at radius 3 is 2.61 bits per heavy atom. The summed E-state index contributed by atoms with van der Waals surface area (Å²) in [6.07, 6.45) is 7.96. The fraction of sp³-hybridized carbons (Fsp3) is 0.633. The second-order valence-electron chi connectivity index (χ2n) is 11.1. The van der Waals surface area contributed by atoms with Gasteiger partial charge in [0.2, 0.25) is 18.4 Å². The molecule has 0 aliphatic carbocycles. The van der Waals surface area contributed by atoms with Gasteiger partial charge in [-0.1, -0.05) is 13.3 Å². The van der Waals surface area contributed by atoms with E-state index in [0.717, 1.165) is 37.8 Å². The molecule has 0 saturated carbocycles. The van der Waals surface area contributed by atoms with Crippen molar-refractivity contribution < 1.29 is 33.3 Å². The van der Waals surface area contributed by atoms with Crippen LogP contribution in [0.4, 0.5) is 0 Å². The van der Waals surface area contributed by atoms with Crippen LogP contribution in [-0.2, 0) is 16.0 Å². The first-order valence-corrected chi connectivity index (χ1v) is 14.6. The van der Waals surface area contributed by atoms with Gasteiger partial charge in [0.05, 0.1) is 25.8 Å². The molecule has 4 rings (SSSR count). The highest BCUT2D eigenvalue weighted by molar-refractivity contribution is 5.79. The lowest BCUT2D eigenvalue weighted by atomic mass is 9.83. The lowest BCUT2D eigenvalue weighted by Crippen LogP contribution is -2.45. The van der Waals surface area contributed by atoms with Crippen molar-refractivity contribution in [2.24, 2.45) is 5.92 Å². The van der Waals surface area contributed by atoms with Crippen molar-refractivity contribution >= 4 is 11.9 Å². The van der Waals surface area contributed by atoms with Crippen LogP contribution in [0.1, 0.15) is 56.4 Å². The normalized spacial score (nSPS) is 20.1. The number of hydrogen-bond donors (Lipinski definition) is 1. The van der Waals surface area contributed by atoms with Crippen molar-refractivity contribution in [3.05, 3.63) is 36.0 Å². The molecule has 0 radical (unpaired) electrons. The molecule has 11 nitrogen and oxygen atoms in total. The maximum Gasteiger partial charge on any atom is 0.308 e. The number of fused-ring (bicyclic) bond motifs is 1. The van der Waals surface area contributed by atoms with Gasteiger partial charge in [0, 0.05) is 38.0 Å². The van der Waals surface area contributed by atoms with Crippen molar-refractivity contribution in [1.29, 1.82) is 0 Å². The minimum Gasteiger partial charge on any atom is -0.493 e. The standard InChI is InChI=1S/C30H44N4O7/c1-5-6-13-33(14-8-7-12-32(2)3)27(35)19-34-18-22(21-16-24(38-4)29-25(17-21)40-20-41-29)28(30(36)37)23(34)9-10-26-31-11-15-39-26/h11,15-17,22-23,28H,5-10,12-14,18-20H2,1-4H3,(H,36,37). The first-order chi connectivity index (χ1) is 19.8. The highest BCUT2D eigenvalue weighted by Gasteiger charge is 2.47. The number of methoxy groups -OCH3 is 1. The summed E-state index contributed by atoms with van der Waals surface area (Å²) in [6.45, 7) is 5.18. The number of nitrogens with zero attached hydrogens (tertiary/aromatic N) is 4. The van der Waals surface area contributed by atoms with Gasteiger partial charge in [0.25, 0.3) is 0 Å². The summed E-state index contributed by atoms with van der Waals surface area (Å²) in [7, 11) is 5.66. The molecule has 2 aliphatic rings. The third kappa shape index (κ3) is 7.71. The number of benzene rings is 1. The maximum absolute atomic E-state index is 13.7. The molecule has 0 bridgehead atoms. The van der Waals surface area contributed by atoms with Crippen LogP contribution in [0.3, 0.4) is 0 Å². The molecule has 1 fully saturated rings. The Bertz CT molecular complexity index is 1140. The van der Waals surface area contributed by atoms with Crippen LogP contribution < -0.4 is 14.2 Å². The van der Waals surface area contributed by atoms with Crippen molar-refractivity contribution in [2.75, 3.05) is 60.7 Å². The first-order valence-electron chi connectivity index (χ1n) is 14.6. The third-order valence-corrected chi connectivity index (χ3v) is 8.04. The number of carboxylic acid groups (broad SMARTS) is 1. The van der Waals surface area contributed by atoms with Crippen molar-refractivity contribution in [2.45, 2.75) is 57.4 Å². The molecular weight excluding hydrogens is 528 g/mol. The average Bonchev–Trinajstić information content (AvgIpc) is 3.70. The van der Waals surface area contributed by atoms with E-state index in [-0.39, 0.29) is 31.2 Å². The van der Waals surface area contributed by atoms with Crippen LogP contribution in [0.2, 0.25) is 0 Å². The van der Waals surface area contributed by atoms with Gasteiger partial charge in [0.15, 0.2) is 17.4 Å². The number of aliphatic carboxylic acids is 1. The molecule has 3 atom stereocenters. The monoisotopic (exact) mass is 572 g/mol. The molecule has 41 heavy (non-hydrogen) atoms. The molecule has 2 aromatic rings. The van der Waals surface area contributed by atoms with E-state index < -0.39 is 11.9 Å². The lowest BCUT2D eigenvalue weighted by Gasteiger charge is -2.29. The van der Waals surface area contributed by atoms with E-state index in [0.29, 0.717) is 55.6 Å². The zero-order chi connectivity index (χ0) is 29.4. The largest absolute Gasteiger partial charge is 0.493 e. The van der Waals surface area contributed by atoms with Crippen molar-refractivity contribution in [3.8, 4) is 17.2 Å². The number of hydrogen-bond acceptors (Lipinski definition) is 9. The number of oxazole rings is 1. The van der Waals surface area contributed by atoms with E-state index in [4.69, 9.17) is 18.6 Å². The molecule has 1 aromatic heterocycles. The van der Waals surface area contributed by atoms with E-state index >= 15 is 0 Å². The van der Waals surface area contributed by atoms with E-state index in [1.165, 1.54) is 6.26 Å². The number of carbonyl (C=O) groups excluding carboxylic acids is 1. The van der Waals surface area contributed by atoms with Crippen molar-refractivity contribution in [1.82, 2.24) is 19.7 Å². The molecule has 1 N–H and O–H groups in total. The summed E-state index contributed by atoms with van der Waals surface area (Å²) >= 11 is 0. The second-order valence-corrected chi connectivity index (χ2v) is 11.1. The summed E-state index contributed by atoms with van der Waals surface area (Å²) in [6, 6.07) is 3.30. The lowest BCUT2D eigenvalue weighted by molar-refractivity contribution is -0.143. The zero-order valence-electron chi connectivity index (χ0n) is 24.7. The number of aryl methyl sites for hydroxylation is 1. The van der Waals surface area contributed by atoms with Gasteiger partial charge in [-0.3, -0.25) is 14.5 Å². The second kappa shape index (κ2) is 14.5. The van der Waals surface area contributed by atoms with Gasteiger partial charge in [-0.2, -0.15) is 0 Å². The first kappa shape index (κ1) is 30.6. The van der Waals surface area contributed by atoms with Crippen LogP contribution in [0.5, 0.6) is 17.2 Å². The smallest absolute Gasteiger partial charge is 0.308 e. The molecule has 3 unspecified atom stereocenters. The van der Waals surface area contributed by atoms with Crippen LogP contribution in [0, 0.1) is 5.92 Å². The van der Waals surface area contributed by atoms with Gasteiger partial charge in [-0.05, 0) is 64.0 Å². The highest BCUT2D eigenvalue weighted by Crippen LogP contribution is 2.47. The van der Waals surface area contributed by atoms with Crippen LogP contribution in [0.25, 0.3) is 0 Å². The number of unbranched alkanes of at least 4 members (excludes halogenated alkanes) is 2. The molecule has 2 aliphatic heterocycles. The number of rotatable bonds is 16. The molecule has 226 valence electrons. The Labute approximate surface area is 242 Å². The highest BCUT2D eigenvalue weighted by atomic mass is 16.7. The number of aromatic nitrogens is 1. The average molecular weight is 573 g/mol. The Balaban J connectivity index is 1.58. The number of likely N-dealkylation sites (tertiary alicyclic amines) is 1. The van der Waals surface area contributed by atoms with Gasteiger partial charge >= 0.3 is 5.97 Å². The number of carbonyl (C=O) groups is 2. The number of carboxylic acids is 1. The summed E-state index contributed by atoms with van der Waals surface area (Å²) in [5.41, 5.74) is 0.793. The molecule has 3 heterocycles. The van der Waals surface area contributed by atoms with E-state index in [9.17, 15) is 14.7 Å². The molecular formula is C30H44N4O7. The van der Waals surface area contributed by atoms with Gasteiger partial charge in [-0.15, -0.1) is 0 Å². The van der Waals surface area contributed by atoms with Crippen LogP contribution >= 0.6 is 0 Å². The van der Waals surface area contributed by atoms with Gasteiger partial charge < -0.3 is 33.5 Å². The zero-order valence-corrected chi connectivity index (χ0v) is 24.7. The van der Waals surface area contributed by atoms with Gasteiger partial charge in [-0.25, -0.2) is 4.98 Å². The van der Waals surface area contributed by atoms with E-state index in [1.807, 2.05) is 21.9 Å². The van der Waals surface area contributed by atoms with E-state index in [1.54, 1.807) is 13.3 Å². The summed E-state index contributed by atoms with van der Waals surface area (Å²) in [5, 5.41) is 10.5. The Hall–Kier alpha value is -3.31. The molecule has 0 spiro atoms. The van der Waals surface area contributed by atoms with Crippen molar-refractivity contribution in [3.63, 3.8) is 0 Å². The quantitative estimate of drug-likeness (QED) is 0.300. The molecule has 1 saturated heterocycles. The predicted molar refractivity (Wildman–Crippen MR) is 152 cm³/mol. The summed E-state index contributed by atoms with van der Waals surface area (Å²) < 4.78 is 22.2. The topological polar surface area (TPSA) is 118 Å². The minimum absolute atomic E-state index is 0.0393. The fourth-order valence-electron chi connectivity index (χ4n) is 5.92. The fourth-order valence-corrected chi connectivity index (χ4v) is 5.92. The Kier molecular flexibility index (Phi) is 10.9. The van der Waals surface area contributed by atoms with Gasteiger partial charge in [0.1, 0.15) is 6.26 Å². The number of amides is 1. The predicted octanol–water partition coefficient (Wildman–Crippen LogP) is 3.48. The number of ether oxygens (including phenoxy) is 3. The Morgan fingerprint density at radius 1 is 1.15 bits per heavy atom. The minimum atomic E-state index is -0.898. The van der Waals surface area contributed by atoms with Crippen LogP contribution in [0.15, 0.2) is 29.0 Å². The summed E-state index contributed by atoms with van der Waals surface area (Å²) in [5.74, 6) is 0.150. The maximum atomic E-state index is 13.7. The molecule has 1 amide bonds.